The first kappa shape index (κ1) is 22.7. The van der Waals surface area contributed by atoms with E-state index in [0.717, 1.165) is 22.4 Å². The lowest BCUT2D eigenvalue weighted by Crippen LogP contribution is -2.36. The number of hydrogen-bond acceptors (Lipinski definition) is 4. The molecule has 2 aromatic rings. The summed E-state index contributed by atoms with van der Waals surface area (Å²) in [6.45, 7) is 8.97. The van der Waals surface area contributed by atoms with Gasteiger partial charge in [-0.1, -0.05) is 30.3 Å². The van der Waals surface area contributed by atoms with Gasteiger partial charge in [-0.3, -0.25) is 4.99 Å². The maximum absolute atomic E-state index is 11.8. The number of sulfone groups is 1. The van der Waals surface area contributed by atoms with Gasteiger partial charge in [0.05, 0.1) is 4.90 Å². The van der Waals surface area contributed by atoms with Gasteiger partial charge in [-0.05, 0) is 51.0 Å². The van der Waals surface area contributed by atoms with Crippen LogP contribution in [0.2, 0.25) is 0 Å². The average molecular weight is 418 g/mol. The van der Waals surface area contributed by atoms with Crippen LogP contribution in [0.3, 0.4) is 0 Å². The van der Waals surface area contributed by atoms with Crippen LogP contribution >= 0.6 is 0 Å². The number of benzene rings is 2. The van der Waals surface area contributed by atoms with E-state index in [2.05, 4.69) is 15.6 Å². The highest BCUT2D eigenvalue weighted by Gasteiger charge is 2.14. The zero-order valence-corrected chi connectivity index (χ0v) is 18.9. The van der Waals surface area contributed by atoms with Crippen LogP contribution < -0.4 is 15.4 Å². The molecule has 29 heavy (non-hydrogen) atoms. The molecule has 6 nitrogen and oxygen atoms in total. The normalized spacial score (nSPS) is 12.6. The van der Waals surface area contributed by atoms with Gasteiger partial charge in [-0.15, -0.1) is 0 Å². The first-order chi connectivity index (χ1) is 13.5. The second-order valence-electron chi connectivity index (χ2n) is 7.97. The fourth-order valence-corrected chi connectivity index (χ4v) is 3.86. The molecule has 0 saturated heterocycles. The Morgan fingerprint density at radius 2 is 1.72 bits per heavy atom. The van der Waals surface area contributed by atoms with Gasteiger partial charge in [0, 0.05) is 32.0 Å². The summed E-state index contributed by atoms with van der Waals surface area (Å²) in [6, 6.07) is 13.3. The summed E-state index contributed by atoms with van der Waals surface area (Å²) in [7, 11) is -1.50. The molecule has 0 radical (unpaired) electrons. The van der Waals surface area contributed by atoms with Crippen LogP contribution in [-0.2, 0) is 22.9 Å². The quantitative estimate of drug-likeness (QED) is 0.556. The number of para-hydroxylation sites is 1. The fraction of sp³-hybridized carbons (Fsp3) is 0.409. The molecule has 2 rings (SSSR count). The van der Waals surface area contributed by atoms with Crippen molar-refractivity contribution >= 4 is 15.8 Å². The molecule has 0 bridgehead atoms. The van der Waals surface area contributed by atoms with Gasteiger partial charge < -0.3 is 15.4 Å². The Morgan fingerprint density at radius 1 is 1.07 bits per heavy atom. The minimum atomic E-state index is -3.21. The summed E-state index contributed by atoms with van der Waals surface area (Å²) < 4.78 is 29.5. The van der Waals surface area contributed by atoms with E-state index < -0.39 is 9.84 Å². The van der Waals surface area contributed by atoms with Crippen LogP contribution in [-0.4, -0.2) is 33.3 Å². The Balaban J connectivity index is 2.00. The molecule has 0 amide bonds. The molecule has 0 atom stereocenters. The average Bonchev–Trinajstić information content (AvgIpc) is 2.60. The Morgan fingerprint density at radius 3 is 2.31 bits per heavy atom. The van der Waals surface area contributed by atoms with Gasteiger partial charge in [0.15, 0.2) is 15.8 Å². The second-order valence-corrected chi connectivity index (χ2v) is 9.96. The van der Waals surface area contributed by atoms with Gasteiger partial charge in [0.2, 0.25) is 0 Å². The highest BCUT2D eigenvalue weighted by atomic mass is 32.2. The van der Waals surface area contributed by atoms with Gasteiger partial charge in [-0.25, -0.2) is 8.42 Å². The highest BCUT2D eigenvalue weighted by Crippen LogP contribution is 2.22. The van der Waals surface area contributed by atoms with E-state index in [0.29, 0.717) is 23.9 Å². The molecule has 0 heterocycles. The Hall–Kier alpha value is -2.54. The lowest BCUT2D eigenvalue weighted by molar-refractivity contribution is 0.129. The second kappa shape index (κ2) is 9.31. The van der Waals surface area contributed by atoms with Crippen LogP contribution in [0, 0.1) is 6.92 Å². The van der Waals surface area contributed by atoms with E-state index in [1.54, 1.807) is 20.0 Å². The van der Waals surface area contributed by atoms with Crippen LogP contribution in [0.15, 0.2) is 52.4 Å². The molecule has 158 valence electrons. The number of hydrogen-bond donors (Lipinski definition) is 2. The SMILES string of the molecule is CN=C(NCc1ccc(S(C)(=O)=O)c(C)c1)NCc1ccccc1OC(C)(C)C. The third-order valence-electron chi connectivity index (χ3n) is 4.16. The molecule has 0 spiro atoms. The lowest BCUT2D eigenvalue weighted by Gasteiger charge is -2.23. The smallest absolute Gasteiger partial charge is 0.191 e. The van der Waals surface area contributed by atoms with E-state index in [-0.39, 0.29) is 5.60 Å². The van der Waals surface area contributed by atoms with E-state index in [1.165, 1.54) is 6.26 Å². The van der Waals surface area contributed by atoms with Crippen LogP contribution in [0.25, 0.3) is 0 Å². The topological polar surface area (TPSA) is 79.8 Å². The molecule has 0 aliphatic carbocycles. The number of aliphatic imine (C=N–C) groups is 1. The summed E-state index contributed by atoms with van der Waals surface area (Å²) >= 11 is 0. The molecule has 0 aliphatic heterocycles. The number of guanidine groups is 1. The molecule has 0 fully saturated rings. The summed E-state index contributed by atoms with van der Waals surface area (Å²) in [4.78, 5) is 4.62. The minimum Gasteiger partial charge on any atom is -0.488 e. The summed E-state index contributed by atoms with van der Waals surface area (Å²) in [5, 5.41) is 6.55. The Kier molecular flexibility index (Phi) is 7.30. The van der Waals surface area contributed by atoms with Crippen molar-refractivity contribution in [3.05, 3.63) is 59.2 Å². The molecular formula is C22H31N3O3S. The maximum atomic E-state index is 11.8. The number of aryl methyl sites for hydroxylation is 1. The monoisotopic (exact) mass is 417 g/mol. The van der Waals surface area contributed by atoms with E-state index in [9.17, 15) is 8.42 Å². The largest absolute Gasteiger partial charge is 0.488 e. The lowest BCUT2D eigenvalue weighted by atomic mass is 10.1. The number of ether oxygens (including phenoxy) is 1. The van der Waals surface area contributed by atoms with Crippen molar-refractivity contribution in [2.24, 2.45) is 4.99 Å². The first-order valence-corrected chi connectivity index (χ1v) is 11.4. The Labute approximate surface area is 174 Å². The molecule has 2 aromatic carbocycles. The van der Waals surface area contributed by atoms with Gasteiger partial charge in [-0.2, -0.15) is 0 Å². The number of rotatable bonds is 6. The van der Waals surface area contributed by atoms with Crippen LogP contribution in [0.1, 0.15) is 37.5 Å². The molecule has 2 N–H and O–H groups in total. The predicted molar refractivity (Wildman–Crippen MR) is 118 cm³/mol. The standard InChI is InChI=1S/C22H31N3O3S/c1-16-13-17(11-12-20(16)29(6,26)27)14-24-21(23-5)25-15-18-9-7-8-10-19(18)28-22(2,3)4/h7-13H,14-15H2,1-6H3,(H2,23,24,25). The maximum Gasteiger partial charge on any atom is 0.191 e. The number of nitrogens with one attached hydrogen (secondary N) is 2. The van der Waals surface area contributed by atoms with Crippen molar-refractivity contribution < 1.29 is 13.2 Å². The third-order valence-corrected chi connectivity index (χ3v) is 5.41. The van der Waals surface area contributed by atoms with E-state index in [4.69, 9.17) is 4.74 Å². The van der Waals surface area contributed by atoms with Crippen molar-refractivity contribution in [2.45, 2.75) is 51.3 Å². The minimum absolute atomic E-state index is 0.272. The summed E-state index contributed by atoms with van der Waals surface area (Å²) in [5.74, 6) is 1.50. The highest BCUT2D eigenvalue weighted by molar-refractivity contribution is 7.90. The molecular weight excluding hydrogens is 386 g/mol. The summed E-state index contributed by atoms with van der Waals surface area (Å²) in [6.07, 6.45) is 1.22. The van der Waals surface area contributed by atoms with Crippen molar-refractivity contribution in [3.8, 4) is 5.75 Å². The first-order valence-electron chi connectivity index (χ1n) is 9.50. The fourth-order valence-electron chi connectivity index (χ4n) is 2.90. The van der Waals surface area contributed by atoms with Crippen molar-refractivity contribution in [3.63, 3.8) is 0 Å². The molecule has 7 heteroatoms. The van der Waals surface area contributed by atoms with Gasteiger partial charge in [0.25, 0.3) is 0 Å². The number of nitrogens with zero attached hydrogens (tertiary/aromatic N) is 1. The Bertz CT molecular complexity index is 977. The molecule has 0 aliphatic rings. The zero-order valence-electron chi connectivity index (χ0n) is 18.0. The van der Waals surface area contributed by atoms with Crippen LogP contribution in [0.5, 0.6) is 5.75 Å². The zero-order chi connectivity index (χ0) is 21.7. The van der Waals surface area contributed by atoms with Crippen molar-refractivity contribution in [1.29, 1.82) is 0 Å². The van der Waals surface area contributed by atoms with Gasteiger partial charge in [0.1, 0.15) is 11.4 Å². The summed E-state index contributed by atoms with van der Waals surface area (Å²) in [5.41, 5.74) is 2.49. The molecule has 0 aromatic heterocycles. The van der Waals surface area contributed by atoms with Gasteiger partial charge >= 0.3 is 0 Å². The third kappa shape index (κ3) is 7.09. The molecule has 0 unspecified atom stereocenters. The van der Waals surface area contributed by atoms with Crippen molar-refractivity contribution in [1.82, 2.24) is 10.6 Å². The predicted octanol–water partition coefficient (Wildman–Crippen LogP) is 3.44. The van der Waals surface area contributed by atoms with E-state index in [1.807, 2.05) is 57.2 Å². The van der Waals surface area contributed by atoms with E-state index >= 15 is 0 Å². The van der Waals surface area contributed by atoms with Crippen LogP contribution in [0.4, 0.5) is 0 Å². The molecule has 0 saturated carbocycles. The van der Waals surface area contributed by atoms with Crippen molar-refractivity contribution in [2.75, 3.05) is 13.3 Å².